The molecule has 2 rings (SSSR count). The quantitative estimate of drug-likeness (QED) is 0.760. The number of hydrogen-bond acceptors (Lipinski definition) is 1. The minimum absolute atomic E-state index is 0.0522. The van der Waals surface area contributed by atoms with Gasteiger partial charge in [0.1, 0.15) is 0 Å². The van der Waals surface area contributed by atoms with E-state index in [4.69, 9.17) is 23.2 Å². The SMILES string of the molecule is CC(C)CC1(C(O)Cc2c(Cl)cccc2Cl)CCCC1. The number of rotatable bonds is 5. The fraction of sp³-hybridized carbons (Fsp3) is 0.647. The van der Waals surface area contributed by atoms with Crippen LogP contribution in [0.3, 0.4) is 0 Å². The Morgan fingerprint density at radius 3 is 2.20 bits per heavy atom. The van der Waals surface area contributed by atoms with Gasteiger partial charge in [-0.25, -0.2) is 0 Å². The molecule has 1 unspecified atom stereocenters. The lowest BCUT2D eigenvalue weighted by molar-refractivity contribution is 0.0134. The average Bonchev–Trinajstić information content (AvgIpc) is 2.82. The van der Waals surface area contributed by atoms with Gasteiger partial charge in [-0.1, -0.05) is 56.0 Å². The maximum Gasteiger partial charge on any atom is 0.0637 e. The predicted octanol–water partition coefficient (Wildman–Crippen LogP) is 5.50. The van der Waals surface area contributed by atoms with Gasteiger partial charge < -0.3 is 5.11 Å². The van der Waals surface area contributed by atoms with E-state index in [9.17, 15) is 5.11 Å². The molecule has 1 N–H and O–H groups in total. The molecule has 0 aliphatic heterocycles. The predicted molar refractivity (Wildman–Crippen MR) is 86.5 cm³/mol. The Labute approximate surface area is 132 Å². The van der Waals surface area contributed by atoms with Gasteiger partial charge in [0.05, 0.1) is 6.10 Å². The Bertz CT molecular complexity index is 430. The van der Waals surface area contributed by atoms with E-state index in [0.717, 1.165) is 24.8 Å². The van der Waals surface area contributed by atoms with Crippen LogP contribution in [0.5, 0.6) is 0 Å². The fourth-order valence-electron chi connectivity index (χ4n) is 3.70. The van der Waals surface area contributed by atoms with Gasteiger partial charge in [0, 0.05) is 16.5 Å². The Morgan fingerprint density at radius 2 is 1.70 bits per heavy atom. The molecule has 0 bridgehead atoms. The van der Waals surface area contributed by atoms with Crippen molar-refractivity contribution in [3.8, 4) is 0 Å². The molecular weight excluding hydrogens is 291 g/mol. The summed E-state index contributed by atoms with van der Waals surface area (Å²) in [5.74, 6) is 0.601. The summed E-state index contributed by atoms with van der Waals surface area (Å²) in [7, 11) is 0. The molecule has 1 nitrogen and oxygen atoms in total. The second kappa shape index (κ2) is 6.68. The summed E-state index contributed by atoms with van der Waals surface area (Å²) in [6.07, 6.45) is 5.97. The van der Waals surface area contributed by atoms with Crippen LogP contribution >= 0.6 is 23.2 Å². The molecule has 0 amide bonds. The zero-order chi connectivity index (χ0) is 14.8. The van der Waals surface area contributed by atoms with Crippen molar-refractivity contribution in [2.24, 2.45) is 11.3 Å². The fourth-order valence-corrected chi connectivity index (χ4v) is 4.25. The van der Waals surface area contributed by atoms with Gasteiger partial charge >= 0.3 is 0 Å². The summed E-state index contributed by atoms with van der Waals surface area (Å²) in [5.41, 5.74) is 0.940. The molecule has 1 saturated carbocycles. The van der Waals surface area contributed by atoms with E-state index in [1.54, 1.807) is 0 Å². The highest BCUT2D eigenvalue weighted by molar-refractivity contribution is 6.35. The molecule has 0 heterocycles. The van der Waals surface area contributed by atoms with Crippen molar-refractivity contribution < 1.29 is 5.11 Å². The summed E-state index contributed by atoms with van der Waals surface area (Å²) in [5, 5.41) is 12.2. The van der Waals surface area contributed by atoms with Gasteiger partial charge in [-0.2, -0.15) is 0 Å². The van der Waals surface area contributed by atoms with Crippen molar-refractivity contribution in [2.75, 3.05) is 0 Å². The van der Waals surface area contributed by atoms with Crippen LogP contribution in [-0.4, -0.2) is 11.2 Å². The van der Waals surface area contributed by atoms with Gasteiger partial charge in [-0.3, -0.25) is 0 Å². The summed E-state index contributed by atoms with van der Waals surface area (Å²) in [6.45, 7) is 4.46. The maximum absolute atomic E-state index is 10.8. The van der Waals surface area contributed by atoms with Crippen molar-refractivity contribution in [3.63, 3.8) is 0 Å². The molecule has 1 aliphatic carbocycles. The molecule has 20 heavy (non-hydrogen) atoms. The van der Waals surface area contributed by atoms with Gasteiger partial charge in [0.2, 0.25) is 0 Å². The number of aliphatic hydroxyl groups excluding tert-OH is 1. The number of hydrogen-bond donors (Lipinski definition) is 1. The molecule has 112 valence electrons. The van der Waals surface area contributed by atoms with Gasteiger partial charge in [-0.15, -0.1) is 0 Å². The van der Waals surface area contributed by atoms with Crippen LogP contribution in [0.15, 0.2) is 18.2 Å². The molecule has 1 fully saturated rings. The first-order valence-corrected chi connectivity index (χ1v) is 8.31. The lowest BCUT2D eigenvalue weighted by Gasteiger charge is -2.36. The van der Waals surface area contributed by atoms with Crippen LogP contribution in [-0.2, 0) is 6.42 Å². The van der Waals surface area contributed by atoms with Crippen LogP contribution in [0.25, 0.3) is 0 Å². The van der Waals surface area contributed by atoms with Crippen LogP contribution in [0.1, 0.15) is 51.5 Å². The minimum Gasteiger partial charge on any atom is -0.392 e. The molecular formula is C17H24Cl2O. The summed E-state index contributed by atoms with van der Waals surface area (Å²) < 4.78 is 0. The van der Waals surface area contributed by atoms with Gasteiger partial charge in [0.25, 0.3) is 0 Å². The zero-order valence-corrected chi connectivity index (χ0v) is 13.8. The van der Waals surface area contributed by atoms with E-state index >= 15 is 0 Å². The van der Waals surface area contributed by atoms with E-state index < -0.39 is 0 Å². The molecule has 1 aromatic carbocycles. The lowest BCUT2D eigenvalue weighted by atomic mass is 9.72. The zero-order valence-electron chi connectivity index (χ0n) is 12.3. The summed E-state index contributed by atoms with van der Waals surface area (Å²) in [4.78, 5) is 0. The molecule has 3 heteroatoms. The third kappa shape index (κ3) is 3.50. The van der Waals surface area contributed by atoms with Gasteiger partial charge in [-0.05, 0) is 48.3 Å². The molecule has 1 atom stereocenters. The number of aliphatic hydroxyl groups is 1. The first-order chi connectivity index (χ1) is 9.44. The summed E-state index contributed by atoms with van der Waals surface area (Å²) >= 11 is 12.5. The Kier molecular flexibility index (Phi) is 5.39. The van der Waals surface area contributed by atoms with Crippen LogP contribution < -0.4 is 0 Å². The molecule has 1 aromatic rings. The van der Waals surface area contributed by atoms with E-state index in [0.29, 0.717) is 22.4 Å². The molecule has 1 aliphatic rings. The molecule has 0 saturated heterocycles. The maximum atomic E-state index is 10.8. The Hall–Kier alpha value is -0.240. The second-order valence-corrected chi connectivity index (χ2v) is 7.40. The average molecular weight is 315 g/mol. The van der Waals surface area contributed by atoms with Crippen LogP contribution in [0.4, 0.5) is 0 Å². The van der Waals surface area contributed by atoms with Crippen molar-refractivity contribution >= 4 is 23.2 Å². The first-order valence-electron chi connectivity index (χ1n) is 7.55. The van der Waals surface area contributed by atoms with Crippen molar-refractivity contribution in [1.82, 2.24) is 0 Å². The van der Waals surface area contributed by atoms with E-state index in [1.165, 1.54) is 12.8 Å². The molecule has 0 radical (unpaired) electrons. The smallest absolute Gasteiger partial charge is 0.0637 e. The molecule has 0 aromatic heterocycles. The third-order valence-electron chi connectivity index (χ3n) is 4.58. The monoisotopic (exact) mass is 314 g/mol. The Balaban J connectivity index is 2.19. The molecule has 0 spiro atoms. The largest absolute Gasteiger partial charge is 0.392 e. The van der Waals surface area contributed by atoms with Crippen molar-refractivity contribution in [1.29, 1.82) is 0 Å². The first kappa shape index (κ1) is 16.1. The van der Waals surface area contributed by atoms with Gasteiger partial charge in [0.15, 0.2) is 0 Å². The number of halogens is 2. The normalized spacial score (nSPS) is 19.5. The van der Waals surface area contributed by atoms with E-state index in [1.807, 2.05) is 18.2 Å². The van der Waals surface area contributed by atoms with Crippen molar-refractivity contribution in [2.45, 2.75) is 58.5 Å². The Morgan fingerprint density at radius 1 is 1.15 bits per heavy atom. The second-order valence-electron chi connectivity index (χ2n) is 6.59. The lowest BCUT2D eigenvalue weighted by Crippen LogP contribution is -2.35. The van der Waals surface area contributed by atoms with Crippen LogP contribution in [0, 0.1) is 11.3 Å². The van der Waals surface area contributed by atoms with Crippen LogP contribution in [0.2, 0.25) is 10.0 Å². The highest BCUT2D eigenvalue weighted by Crippen LogP contribution is 2.47. The van der Waals surface area contributed by atoms with E-state index in [2.05, 4.69) is 13.8 Å². The van der Waals surface area contributed by atoms with Crippen molar-refractivity contribution in [3.05, 3.63) is 33.8 Å². The topological polar surface area (TPSA) is 20.2 Å². The summed E-state index contributed by atoms with van der Waals surface area (Å²) in [6, 6.07) is 5.54. The standard InChI is InChI=1S/C17H24Cl2O/c1-12(2)11-17(8-3-4-9-17)16(20)10-13-14(18)6-5-7-15(13)19/h5-7,12,16,20H,3-4,8-11H2,1-2H3. The number of benzene rings is 1. The third-order valence-corrected chi connectivity index (χ3v) is 5.29. The van der Waals surface area contributed by atoms with E-state index in [-0.39, 0.29) is 11.5 Å². The minimum atomic E-state index is -0.357. The highest BCUT2D eigenvalue weighted by Gasteiger charge is 2.41. The highest BCUT2D eigenvalue weighted by atomic mass is 35.5.